The fraction of sp³-hybridized carbons (Fsp3) is 0.0625. The van der Waals surface area contributed by atoms with Gasteiger partial charge in [0.25, 0.3) is 0 Å². The molecule has 0 saturated heterocycles. The maximum atomic E-state index is 13.2. The van der Waals surface area contributed by atoms with Crippen LogP contribution < -0.4 is 5.56 Å². The lowest BCUT2D eigenvalue weighted by molar-refractivity contribution is -0.136. The van der Waals surface area contributed by atoms with Crippen molar-refractivity contribution < 1.29 is 13.2 Å². The van der Waals surface area contributed by atoms with Crippen molar-refractivity contribution in [3.05, 3.63) is 68.4 Å². The van der Waals surface area contributed by atoms with Gasteiger partial charge in [-0.25, -0.2) is 0 Å². The molecule has 7 heteroatoms. The Labute approximate surface area is 138 Å². The van der Waals surface area contributed by atoms with Crippen LogP contribution in [0.15, 0.2) is 47.3 Å². The summed E-state index contributed by atoms with van der Waals surface area (Å²) in [4.78, 5) is 13.8. The standard InChI is InChI=1S/C16H8Cl2F3NO/c17-10-3-9(4-11(18)6-10)8-1-2-14-12(5-8)13(16(19,20)21)7-15(23)22-14/h1-7H,(H,22,23). The van der Waals surface area contributed by atoms with Crippen LogP contribution in [0.1, 0.15) is 5.56 Å². The van der Waals surface area contributed by atoms with Gasteiger partial charge >= 0.3 is 6.18 Å². The number of rotatable bonds is 1. The van der Waals surface area contributed by atoms with Crippen molar-refractivity contribution in [3.8, 4) is 11.1 Å². The summed E-state index contributed by atoms with van der Waals surface area (Å²) in [5.74, 6) is 0. The summed E-state index contributed by atoms with van der Waals surface area (Å²) in [7, 11) is 0. The fourth-order valence-electron chi connectivity index (χ4n) is 2.39. The summed E-state index contributed by atoms with van der Waals surface area (Å²) in [5.41, 5.74) is -0.570. The first kappa shape index (κ1) is 15.9. The first-order chi connectivity index (χ1) is 10.7. The highest BCUT2D eigenvalue weighted by molar-refractivity contribution is 6.35. The zero-order valence-electron chi connectivity index (χ0n) is 11.3. The van der Waals surface area contributed by atoms with Gasteiger partial charge in [-0.15, -0.1) is 0 Å². The number of halogens is 5. The van der Waals surface area contributed by atoms with Crippen molar-refractivity contribution in [2.75, 3.05) is 0 Å². The summed E-state index contributed by atoms with van der Waals surface area (Å²) in [5, 5.41) is 0.668. The molecule has 118 valence electrons. The van der Waals surface area contributed by atoms with E-state index in [2.05, 4.69) is 4.98 Å². The van der Waals surface area contributed by atoms with E-state index in [1.54, 1.807) is 18.2 Å². The van der Waals surface area contributed by atoms with E-state index in [1.165, 1.54) is 18.2 Å². The zero-order chi connectivity index (χ0) is 16.8. The fourth-order valence-corrected chi connectivity index (χ4v) is 2.91. The Bertz CT molecular complexity index is 943. The largest absolute Gasteiger partial charge is 0.417 e. The topological polar surface area (TPSA) is 32.9 Å². The lowest BCUT2D eigenvalue weighted by Crippen LogP contribution is -2.13. The monoisotopic (exact) mass is 357 g/mol. The van der Waals surface area contributed by atoms with Crippen LogP contribution in [0.3, 0.4) is 0 Å². The number of benzene rings is 2. The molecule has 0 aliphatic rings. The van der Waals surface area contributed by atoms with Crippen molar-refractivity contribution in [2.45, 2.75) is 6.18 Å². The Morgan fingerprint density at radius 2 is 1.52 bits per heavy atom. The molecule has 0 bridgehead atoms. The van der Waals surface area contributed by atoms with Crippen molar-refractivity contribution in [2.24, 2.45) is 0 Å². The number of nitrogens with one attached hydrogen (secondary N) is 1. The average molecular weight is 358 g/mol. The van der Waals surface area contributed by atoms with Crippen LogP contribution in [-0.4, -0.2) is 4.98 Å². The molecule has 0 fully saturated rings. The Morgan fingerprint density at radius 3 is 2.13 bits per heavy atom. The van der Waals surface area contributed by atoms with E-state index in [1.807, 2.05) is 0 Å². The minimum Gasteiger partial charge on any atom is -0.322 e. The Kier molecular flexibility index (Phi) is 3.86. The zero-order valence-corrected chi connectivity index (χ0v) is 12.9. The number of fused-ring (bicyclic) bond motifs is 1. The summed E-state index contributed by atoms with van der Waals surface area (Å²) >= 11 is 11.9. The molecule has 0 unspecified atom stereocenters. The van der Waals surface area contributed by atoms with Crippen molar-refractivity contribution >= 4 is 34.1 Å². The van der Waals surface area contributed by atoms with Gasteiger partial charge in [0, 0.05) is 27.0 Å². The lowest BCUT2D eigenvalue weighted by Gasteiger charge is -2.11. The van der Waals surface area contributed by atoms with Crippen LogP contribution in [0, 0.1) is 0 Å². The molecule has 1 heterocycles. The third kappa shape index (κ3) is 3.21. The van der Waals surface area contributed by atoms with Crippen molar-refractivity contribution in [3.63, 3.8) is 0 Å². The predicted molar refractivity (Wildman–Crippen MR) is 85.0 cm³/mol. The summed E-state index contributed by atoms with van der Waals surface area (Å²) < 4.78 is 39.5. The van der Waals surface area contributed by atoms with Gasteiger partial charge in [-0.05, 0) is 41.5 Å². The Morgan fingerprint density at radius 1 is 0.870 bits per heavy atom. The average Bonchev–Trinajstić information content (AvgIpc) is 2.43. The van der Waals surface area contributed by atoms with E-state index in [0.29, 0.717) is 27.2 Å². The minimum absolute atomic E-state index is 0.0919. The van der Waals surface area contributed by atoms with Crippen LogP contribution in [0.25, 0.3) is 22.0 Å². The van der Waals surface area contributed by atoms with E-state index in [9.17, 15) is 18.0 Å². The molecule has 1 aromatic heterocycles. The molecule has 0 atom stereocenters. The molecule has 0 spiro atoms. The third-order valence-corrected chi connectivity index (χ3v) is 3.78. The highest BCUT2D eigenvalue weighted by atomic mass is 35.5. The molecule has 0 aliphatic heterocycles. The number of hydrogen-bond donors (Lipinski definition) is 1. The second kappa shape index (κ2) is 5.58. The summed E-state index contributed by atoms with van der Waals surface area (Å²) in [6.07, 6.45) is -4.63. The van der Waals surface area contributed by atoms with Gasteiger partial charge in [0.15, 0.2) is 0 Å². The molecule has 1 N–H and O–H groups in total. The number of alkyl halides is 3. The van der Waals surface area contributed by atoms with Gasteiger partial charge in [0.2, 0.25) is 5.56 Å². The molecule has 2 nitrogen and oxygen atoms in total. The quantitative estimate of drug-likeness (QED) is 0.610. The second-order valence-corrected chi connectivity index (χ2v) is 5.84. The highest BCUT2D eigenvalue weighted by Gasteiger charge is 2.33. The van der Waals surface area contributed by atoms with Crippen LogP contribution in [0.5, 0.6) is 0 Å². The molecule has 0 radical (unpaired) electrons. The molecule has 3 aromatic rings. The van der Waals surface area contributed by atoms with Gasteiger partial charge in [-0.3, -0.25) is 4.79 Å². The third-order valence-electron chi connectivity index (χ3n) is 3.34. The Hall–Kier alpha value is -1.98. The number of H-pyrrole nitrogens is 1. The van der Waals surface area contributed by atoms with Gasteiger partial charge in [-0.1, -0.05) is 29.3 Å². The molecule has 0 amide bonds. The summed E-state index contributed by atoms with van der Waals surface area (Å²) in [6.45, 7) is 0. The first-order valence-electron chi connectivity index (χ1n) is 6.45. The summed E-state index contributed by atoms with van der Waals surface area (Å²) in [6, 6.07) is 9.68. The van der Waals surface area contributed by atoms with E-state index in [4.69, 9.17) is 23.2 Å². The first-order valence-corrected chi connectivity index (χ1v) is 7.20. The lowest BCUT2D eigenvalue weighted by atomic mass is 10.0. The number of hydrogen-bond acceptors (Lipinski definition) is 1. The number of aromatic nitrogens is 1. The van der Waals surface area contributed by atoms with E-state index >= 15 is 0 Å². The Balaban J connectivity index is 2.30. The highest BCUT2D eigenvalue weighted by Crippen LogP contribution is 2.35. The molecular weight excluding hydrogens is 350 g/mol. The van der Waals surface area contributed by atoms with Crippen molar-refractivity contribution in [1.29, 1.82) is 0 Å². The van der Waals surface area contributed by atoms with Gasteiger partial charge in [-0.2, -0.15) is 13.2 Å². The number of pyridine rings is 1. The van der Waals surface area contributed by atoms with Gasteiger partial charge in [0.1, 0.15) is 0 Å². The normalized spacial score (nSPS) is 11.9. The van der Waals surface area contributed by atoms with E-state index in [-0.39, 0.29) is 10.9 Å². The molecule has 3 rings (SSSR count). The second-order valence-electron chi connectivity index (χ2n) is 4.96. The molecule has 23 heavy (non-hydrogen) atoms. The predicted octanol–water partition coefficient (Wildman–Crippen LogP) is 5.52. The van der Waals surface area contributed by atoms with Crippen LogP contribution >= 0.6 is 23.2 Å². The SMILES string of the molecule is O=c1cc(C(F)(F)F)c2cc(-c3cc(Cl)cc(Cl)c3)ccc2[nH]1. The smallest absolute Gasteiger partial charge is 0.322 e. The molecular formula is C16H8Cl2F3NO. The van der Waals surface area contributed by atoms with Crippen LogP contribution in [0.2, 0.25) is 10.0 Å². The van der Waals surface area contributed by atoms with Crippen LogP contribution in [-0.2, 0) is 6.18 Å². The maximum absolute atomic E-state index is 13.2. The molecule has 0 aliphatic carbocycles. The minimum atomic E-state index is -4.63. The number of aromatic amines is 1. The van der Waals surface area contributed by atoms with Crippen LogP contribution in [0.4, 0.5) is 13.2 Å². The maximum Gasteiger partial charge on any atom is 0.417 e. The van der Waals surface area contributed by atoms with Gasteiger partial charge in [0.05, 0.1) is 5.56 Å². The molecule has 0 saturated carbocycles. The van der Waals surface area contributed by atoms with Crippen molar-refractivity contribution in [1.82, 2.24) is 4.98 Å². The van der Waals surface area contributed by atoms with Gasteiger partial charge < -0.3 is 4.98 Å². The van der Waals surface area contributed by atoms with E-state index in [0.717, 1.165) is 0 Å². The molecule has 2 aromatic carbocycles. The van der Waals surface area contributed by atoms with E-state index < -0.39 is 17.3 Å².